The number of benzene rings is 1. The monoisotopic (exact) mass is 352 g/mol. The van der Waals surface area contributed by atoms with Crippen LogP contribution in [0.25, 0.3) is 0 Å². The maximum Gasteiger partial charge on any atom is 0.261 e. The van der Waals surface area contributed by atoms with Crippen molar-refractivity contribution in [3.8, 4) is 18.1 Å². The summed E-state index contributed by atoms with van der Waals surface area (Å²) in [7, 11) is 0. The average Bonchev–Trinajstić information content (AvgIpc) is 2.48. The third-order valence-electron chi connectivity index (χ3n) is 2.81. The van der Waals surface area contributed by atoms with E-state index in [9.17, 15) is 4.79 Å². The van der Waals surface area contributed by atoms with Gasteiger partial charge in [-0.05, 0) is 43.7 Å². The van der Waals surface area contributed by atoms with Crippen LogP contribution in [0.15, 0.2) is 22.7 Å². The number of amides is 1. The van der Waals surface area contributed by atoms with Crippen molar-refractivity contribution in [3.63, 3.8) is 0 Å². The number of rotatable bonds is 8. The molecule has 0 saturated heterocycles. The highest BCUT2D eigenvalue weighted by molar-refractivity contribution is 9.10. The zero-order valence-electron chi connectivity index (χ0n) is 12.4. The van der Waals surface area contributed by atoms with E-state index in [0.717, 1.165) is 29.5 Å². The summed E-state index contributed by atoms with van der Waals surface area (Å²) in [5, 5.41) is 5.93. The van der Waals surface area contributed by atoms with Gasteiger partial charge >= 0.3 is 0 Å². The van der Waals surface area contributed by atoms with Gasteiger partial charge in [0.25, 0.3) is 5.91 Å². The molecule has 0 heterocycles. The molecule has 1 atom stereocenters. The summed E-state index contributed by atoms with van der Waals surface area (Å²) in [5.41, 5.74) is 1.09. The molecular formula is C16H21BrN2O2. The minimum absolute atomic E-state index is 0.207. The van der Waals surface area contributed by atoms with Crippen molar-refractivity contribution in [2.75, 3.05) is 13.1 Å². The summed E-state index contributed by atoms with van der Waals surface area (Å²) in [6.45, 7) is 5.74. The van der Waals surface area contributed by atoms with Gasteiger partial charge in [0.15, 0.2) is 6.10 Å². The van der Waals surface area contributed by atoms with Gasteiger partial charge in [0.05, 0.1) is 6.54 Å². The smallest absolute Gasteiger partial charge is 0.261 e. The van der Waals surface area contributed by atoms with E-state index in [2.05, 4.69) is 39.4 Å². The Balaban J connectivity index is 2.64. The van der Waals surface area contributed by atoms with Gasteiger partial charge < -0.3 is 15.4 Å². The van der Waals surface area contributed by atoms with Crippen molar-refractivity contribution < 1.29 is 9.53 Å². The number of ether oxygens (including phenoxy) is 1. The Kier molecular flexibility index (Phi) is 7.88. The lowest BCUT2D eigenvalue weighted by atomic mass is 10.2. The van der Waals surface area contributed by atoms with Crippen molar-refractivity contribution in [3.05, 3.63) is 28.2 Å². The number of terminal acetylenes is 1. The first-order chi connectivity index (χ1) is 10.1. The topological polar surface area (TPSA) is 50.4 Å². The summed E-state index contributed by atoms with van der Waals surface area (Å²) >= 11 is 3.51. The van der Waals surface area contributed by atoms with E-state index in [0.29, 0.717) is 5.75 Å². The molecule has 4 nitrogen and oxygen atoms in total. The molecule has 0 aliphatic heterocycles. The van der Waals surface area contributed by atoms with Gasteiger partial charge in [-0.1, -0.05) is 28.8 Å². The van der Waals surface area contributed by atoms with Crippen molar-refractivity contribution in [1.82, 2.24) is 10.6 Å². The Morgan fingerprint density at radius 2 is 2.29 bits per heavy atom. The lowest BCUT2D eigenvalue weighted by molar-refractivity contribution is -0.126. The SMILES string of the molecule is C#CCNC(=O)C(C)Oc1ccc(Br)c(CNCCC)c1. The molecule has 0 fully saturated rings. The Labute approximate surface area is 134 Å². The molecule has 0 aromatic heterocycles. The predicted molar refractivity (Wildman–Crippen MR) is 88.1 cm³/mol. The zero-order valence-corrected chi connectivity index (χ0v) is 14.0. The largest absolute Gasteiger partial charge is 0.481 e. The van der Waals surface area contributed by atoms with Crippen molar-refractivity contribution in [1.29, 1.82) is 0 Å². The van der Waals surface area contributed by atoms with Gasteiger partial charge in [-0.3, -0.25) is 4.79 Å². The molecule has 1 rings (SSSR count). The first-order valence-electron chi connectivity index (χ1n) is 6.95. The molecule has 21 heavy (non-hydrogen) atoms. The maximum atomic E-state index is 11.7. The molecular weight excluding hydrogens is 332 g/mol. The van der Waals surface area contributed by atoms with Crippen LogP contribution in [-0.2, 0) is 11.3 Å². The number of carbonyl (C=O) groups excluding carboxylic acids is 1. The highest BCUT2D eigenvalue weighted by Crippen LogP contribution is 2.23. The fourth-order valence-electron chi connectivity index (χ4n) is 1.70. The molecule has 1 unspecified atom stereocenters. The second kappa shape index (κ2) is 9.43. The molecule has 0 aliphatic rings. The standard InChI is InChI=1S/C16H21BrN2O2/c1-4-8-18-11-13-10-14(6-7-15(13)17)21-12(3)16(20)19-9-5-2/h2,6-7,10,12,18H,4,8-9,11H2,1,3H3,(H,19,20). The van der Waals surface area contributed by atoms with Crippen LogP contribution in [0.2, 0.25) is 0 Å². The van der Waals surface area contributed by atoms with Crippen molar-refractivity contribution in [2.45, 2.75) is 32.9 Å². The summed E-state index contributed by atoms with van der Waals surface area (Å²) < 4.78 is 6.66. The van der Waals surface area contributed by atoms with E-state index >= 15 is 0 Å². The van der Waals surface area contributed by atoms with Gasteiger partial charge in [0.1, 0.15) is 5.75 Å². The second-order valence-electron chi connectivity index (χ2n) is 4.61. The van der Waals surface area contributed by atoms with E-state index in [-0.39, 0.29) is 12.5 Å². The minimum atomic E-state index is -0.587. The summed E-state index contributed by atoms with van der Waals surface area (Å²) in [4.78, 5) is 11.7. The Bertz CT molecular complexity index is 511. The summed E-state index contributed by atoms with van der Waals surface area (Å²) in [6.07, 6.45) is 5.60. The molecule has 2 N–H and O–H groups in total. The molecule has 0 radical (unpaired) electrons. The fourth-order valence-corrected chi connectivity index (χ4v) is 2.09. The van der Waals surface area contributed by atoms with Crippen LogP contribution in [0.1, 0.15) is 25.8 Å². The number of nitrogens with one attached hydrogen (secondary N) is 2. The Hall–Kier alpha value is -1.51. The van der Waals surface area contributed by atoms with Crippen LogP contribution in [0, 0.1) is 12.3 Å². The van der Waals surface area contributed by atoms with Crippen LogP contribution in [-0.4, -0.2) is 25.1 Å². The molecule has 0 saturated carbocycles. The number of halogens is 1. The third kappa shape index (κ3) is 6.19. The molecule has 0 spiro atoms. The lowest BCUT2D eigenvalue weighted by Crippen LogP contribution is -2.36. The van der Waals surface area contributed by atoms with Crippen molar-refractivity contribution in [2.24, 2.45) is 0 Å². The normalized spacial score (nSPS) is 11.5. The molecule has 0 aliphatic carbocycles. The first-order valence-corrected chi connectivity index (χ1v) is 7.74. The van der Waals surface area contributed by atoms with Crippen LogP contribution < -0.4 is 15.4 Å². The molecule has 1 amide bonds. The van der Waals surface area contributed by atoms with E-state index in [1.54, 1.807) is 6.92 Å². The van der Waals surface area contributed by atoms with Crippen LogP contribution in [0.5, 0.6) is 5.75 Å². The number of hydrogen-bond donors (Lipinski definition) is 2. The molecule has 114 valence electrons. The van der Waals surface area contributed by atoms with E-state index < -0.39 is 6.10 Å². The lowest BCUT2D eigenvalue weighted by Gasteiger charge is -2.15. The van der Waals surface area contributed by atoms with E-state index in [4.69, 9.17) is 11.2 Å². The predicted octanol–water partition coefficient (Wildman–Crippen LogP) is 2.47. The summed E-state index contributed by atoms with van der Waals surface area (Å²) in [6, 6.07) is 5.68. The zero-order chi connectivity index (χ0) is 15.7. The highest BCUT2D eigenvalue weighted by Gasteiger charge is 2.14. The number of hydrogen-bond acceptors (Lipinski definition) is 3. The average molecular weight is 353 g/mol. The summed E-state index contributed by atoms with van der Waals surface area (Å²) in [5.74, 6) is 2.80. The van der Waals surface area contributed by atoms with Crippen LogP contribution in [0.3, 0.4) is 0 Å². The minimum Gasteiger partial charge on any atom is -0.481 e. The van der Waals surface area contributed by atoms with Gasteiger partial charge in [0, 0.05) is 11.0 Å². The fraction of sp³-hybridized carbons (Fsp3) is 0.438. The van der Waals surface area contributed by atoms with Gasteiger partial charge in [-0.2, -0.15) is 0 Å². The van der Waals surface area contributed by atoms with E-state index in [1.165, 1.54) is 0 Å². The first kappa shape index (κ1) is 17.5. The molecule has 1 aromatic carbocycles. The Morgan fingerprint density at radius 3 is 2.95 bits per heavy atom. The van der Waals surface area contributed by atoms with Crippen molar-refractivity contribution >= 4 is 21.8 Å². The van der Waals surface area contributed by atoms with Gasteiger partial charge in [0.2, 0.25) is 0 Å². The maximum absolute atomic E-state index is 11.7. The number of carbonyl (C=O) groups is 1. The molecule has 5 heteroatoms. The quantitative estimate of drug-likeness (QED) is 0.558. The van der Waals surface area contributed by atoms with Crippen LogP contribution >= 0.6 is 15.9 Å². The highest BCUT2D eigenvalue weighted by atomic mass is 79.9. The van der Waals surface area contributed by atoms with Crippen LogP contribution in [0.4, 0.5) is 0 Å². The van der Waals surface area contributed by atoms with Gasteiger partial charge in [-0.15, -0.1) is 6.42 Å². The molecule has 0 bridgehead atoms. The van der Waals surface area contributed by atoms with E-state index in [1.807, 2.05) is 18.2 Å². The third-order valence-corrected chi connectivity index (χ3v) is 3.58. The second-order valence-corrected chi connectivity index (χ2v) is 5.47. The molecule has 1 aromatic rings. The van der Waals surface area contributed by atoms with Gasteiger partial charge in [-0.25, -0.2) is 0 Å². The Morgan fingerprint density at radius 1 is 1.52 bits per heavy atom.